The third-order valence-electron chi connectivity index (χ3n) is 5.34. The Labute approximate surface area is 204 Å². The summed E-state index contributed by atoms with van der Waals surface area (Å²) in [5, 5.41) is 15.1. The van der Waals surface area contributed by atoms with Gasteiger partial charge in [0.1, 0.15) is 5.75 Å². The average Bonchev–Trinajstić information content (AvgIpc) is 3.23. The van der Waals surface area contributed by atoms with Gasteiger partial charge in [0.2, 0.25) is 11.8 Å². The summed E-state index contributed by atoms with van der Waals surface area (Å²) < 4.78 is 7.08. The van der Waals surface area contributed by atoms with Gasteiger partial charge in [-0.25, -0.2) is 0 Å². The first-order chi connectivity index (χ1) is 16.3. The number of thioether (sulfide) groups is 1. The van der Waals surface area contributed by atoms with Gasteiger partial charge in [-0.2, -0.15) is 0 Å². The number of nitrogens with zero attached hydrogens (tertiary/aromatic N) is 3. The lowest BCUT2D eigenvalue weighted by molar-refractivity contribution is -0.121. The number of rotatable bonds is 10. The smallest absolute Gasteiger partial charge is 0.234 e. The van der Waals surface area contributed by atoms with E-state index in [9.17, 15) is 9.59 Å². The van der Waals surface area contributed by atoms with Crippen molar-refractivity contribution < 1.29 is 14.3 Å². The lowest BCUT2D eigenvalue weighted by Gasteiger charge is -2.15. The molecule has 8 nitrogen and oxygen atoms in total. The molecule has 34 heavy (non-hydrogen) atoms. The van der Waals surface area contributed by atoms with Crippen LogP contribution >= 0.6 is 11.8 Å². The Morgan fingerprint density at radius 3 is 2.47 bits per heavy atom. The van der Waals surface area contributed by atoms with Crippen molar-refractivity contribution in [3.8, 4) is 5.75 Å². The van der Waals surface area contributed by atoms with Crippen LogP contribution in [-0.4, -0.2) is 39.4 Å². The van der Waals surface area contributed by atoms with E-state index in [4.69, 9.17) is 4.74 Å². The van der Waals surface area contributed by atoms with Crippen LogP contribution in [0.25, 0.3) is 0 Å². The topological polar surface area (TPSA) is 98.1 Å². The maximum Gasteiger partial charge on any atom is 0.234 e. The van der Waals surface area contributed by atoms with Crippen molar-refractivity contribution >= 4 is 29.3 Å². The molecule has 0 aliphatic heterocycles. The van der Waals surface area contributed by atoms with Crippen molar-refractivity contribution in [1.29, 1.82) is 0 Å². The van der Waals surface area contributed by atoms with Gasteiger partial charge in [0.15, 0.2) is 11.0 Å². The van der Waals surface area contributed by atoms with Crippen molar-refractivity contribution in [1.82, 2.24) is 20.1 Å². The van der Waals surface area contributed by atoms with Crippen LogP contribution in [0.4, 0.5) is 5.69 Å². The summed E-state index contributed by atoms with van der Waals surface area (Å²) in [7, 11) is 1.61. The molecule has 0 saturated heterocycles. The molecule has 0 aliphatic carbocycles. The summed E-state index contributed by atoms with van der Waals surface area (Å²) in [6.07, 6.45) is 0.259. The maximum atomic E-state index is 12.5. The fourth-order valence-corrected chi connectivity index (χ4v) is 4.39. The second-order valence-electron chi connectivity index (χ2n) is 8.05. The quantitative estimate of drug-likeness (QED) is 0.424. The van der Waals surface area contributed by atoms with E-state index in [1.165, 1.54) is 11.8 Å². The Hall–Kier alpha value is -3.33. The van der Waals surface area contributed by atoms with Crippen LogP contribution < -0.4 is 15.4 Å². The van der Waals surface area contributed by atoms with Gasteiger partial charge in [-0.05, 0) is 57.0 Å². The number of carbonyl (C=O) groups excluding carboxylic acids is 2. The molecule has 180 valence electrons. The molecule has 0 unspecified atom stereocenters. The van der Waals surface area contributed by atoms with Crippen molar-refractivity contribution in [3.63, 3.8) is 0 Å². The molecule has 0 bridgehead atoms. The molecule has 9 heteroatoms. The van der Waals surface area contributed by atoms with Crippen LogP contribution in [0, 0.1) is 13.8 Å². The fraction of sp³-hybridized carbons (Fsp3) is 0.360. The van der Waals surface area contributed by atoms with Gasteiger partial charge < -0.3 is 19.9 Å². The standard InChI is InChI=1S/C25H31N5O3S/c1-6-30-24(18(4)26-22(31)14-19-8-10-20(33-5)11-9-19)28-29-25(30)34-15-23(32)27-21-12-7-16(2)13-17(21)3/h7-13,18H,6,14-15H2,1-5H3,(H,26,31)(H,27,32)/t18-/m1/s1. The van der Waals surface area contributed by atoms with Gasteiger partial charge in [0, 0.05) is 12.2 Å². The number of aryl methyl sites for hydroxylation is 2. The van der Waals surface area contributed by atoms with Gasteiger partial charge in [-0.3, -0.25) is 9.59 Å². The molecule has 0 fully saturated rings. The highest BCUT2D eigenvalue weighted by atomic mass is 32.2. The van der Waals surface area contributed by atoms with Gasteiger partial charge >= 0.3 is 0 Å². The van der Waals surface area contributed by atoms with Crippen molar-refractivity contribution in [3.05, 3.63) is 65.0 Å². The summed E-state index contributed by atoms with van der Waals surface area (Å²) in [6, 6.07) is 13.0. The Kier molecular flexibility index (Phi) is 8.70. The zero-order valence-corrected chi connectivity index (χ0v) is 21.0. The van der Waals surface area contributed by atoms with Gasteiger partial charge in [0.05, 0.1) is 25.3 Å². The zero-order chi connectivity index (χ0) is 24.7. The van der Waals surface area contributed by atoms with E-state index in [1.54, 1.807) is 7.11 Å². The summed E-state index contributed by atoms with van der Waals surface area (Å²) in [5.74, 6) is 1.41. The second-order valence-corrected chi connectivity index (χ2v) is 9.00. The highest BCUT2D eigenvalue weighted by Crippen LogP contribution is 2.22. The number of nitrogens with one attached hydrogen (secondary N) is 2. The average molecular weight is 482 g/mol. The predicted octanol–water partition coefficient (Wildman–Crippen LogP) is 4.07. The zero-order valence-electron chi connectivity index (χ0n) is 20.2. The maximum absolute atomic E-state index is 12.5. The van der Waals surface area contributed by atoms with E-state index in [0.29, 0.717) is 17.5 Å². The number of hydrogen-bond donors (Lipinski definition) is 2. The predicted molar refractivity (Wildman–Crippen MR) is 134 cm³/mol. The molecule has 0 aliphatic rings. The lowest BCUT2D eigenvalue weighted by Crippen LogP contribution is -2.30. The minimum atomic E-state index is -0.323. The molecule has 3 rings (SSSR count). The summed E-state index contributed by atoms with van der Waals surface area (Å²) in [5.41, 5.74) is 3.88. The van der Waals surface area contributed by atoms with Crippen LogP contribution in [0.3, 0.4) is 0 Å². The minimum Gasteiger partial charge on any atom is -0.497 e. The summed E-state index contributed by atoms with van der Waals surface area (Å²) in [6.45, 7) is 8.48. The van der Waals surface area contributed by atoms with Gasteiger partial charge in [0.25, 0.3) is 0 Å². The largest absolute Gasteiger partial charge is 0.497 e. The molecular formula is C25H31N5O3S. The highest BCUT2D eigenvalue weighted by Gasteiger charge is 2.20. The number of methoxy groups -OCH3 is 1. The molecule has 2 amide bonds. The molecular weight excluding hydrogens is 450 g/mol. The number of benzene rings is 2. The van der Waals surface area contributed by atoms with E-state index >= 15 is 0 Å². The highest BCUT2D eigenvalue weighted by molar-refractivity contribution is 7.99. The van der Waals surface area contributed by atoms with Crippen molar-refractivity contribution in [2.24, 2.45) is 0 Å². The first-order valence-electron chi connectivity index (χ1n) is 11.2. The van der Waals surface area contributed by atoms with Crippen LogP contribution in [0.2, 0.25) is 0 Å². The first-order valence-corrected chi connectivity index (χ1v) is 12.1. The van der Waals surface area contributed by atoms with E-state index in [0.717, 1.165) is 28.1 Å². The van der Waals surface area contributed by atoms with Crippen LogP contribution in [-0.2, 0) is 22.6 Å². The molecule has 2 N–H and O–H groups in total. The number of amides is 2. The third-order valence-corrected chi connectivity index (χ3v) is 6.31. The van der Waals surface area contributed by atoms with Crippen LogP contribution in [0.15, 0.2) is 47.6 Å². The minimum absolute atomic E-state index is 0.106. The third kappa shape index (κ3) is 6.60. The number of aromatic nitrogens is 3. The molecule has 1 aromatic heterocycles. The van der Waals surface area contributed by atoms with E-state index in [2.05, 4.69) is 20.8 Å². The molecule has 0 radical (unpaired) electrons. The Balaban J connectivity index is 1.57. The van der Waals surface area contributed by atoms with Gasteiger partial charge in [-0.1, -0.05) is 41.6 Å². The number of hydrogen-bond acceptors (Lipinski definition) is 6. The SMILES string of the molecule is CCn1c(SCC(=O)Nc2ccc(C)cc2C)nnc1[C@@H](C)NC(=O)Cc1ccc(OC)cc1. The summed E-state index contributed by atoms with van der Waals surface area (Å²) >= 11 is 1.32. The van der Waals surface area contributed by atoms with Gasteiger partial charge in [-0.15, -0.1) is 10.2 Å². The second kappa shape index (κ2) is 11.7. The molecule has 0 saturated carbocycles. The molecule has 3 aromatic rings. The van der Waals surface area contributed by atoms with E-state index < -0.39 is 0 Å². The number of carbonyl (C=O) groups is 2. The Morgan fingerprint density at radius 2 is 1.82 bits per heavy atom. The van der Waals surface area contributed by atoms with Crippen molar-refractivity contribution in [2.45, 2.75) is 51.9 Å². The van der Waals surface area contributed by atoms with E-state index in [-0.39, 0.29) is 30.0 Å². The normalized spacial score (nSPS) is 11.7. The Morgan fingerprint density at radius 1 is 1.09 bits per heavy atom. The Bertz CT molecular complexity index is 1140. The lowest BCUT2D eigenvalue weighted by atomic mass is 10.1. The van der Waals surface area contributed by atoms with Crippen molar-refractivity contribution in [2.75, 3.05) is 18.2 Å². The molecule has 2 aromatic carbocycles. The number of anilines is 1. The summed E-state index contributed by atoms with van der Waals surface area (Å²) in [4.78, 5) is 25.0. The van der Waals surface area contributed by atoms with E-state index in [1.807, 2.05) is 74.7 Å². The first kappa shape index (κ1) is 25.3. The van der Waals surface area contributed by atoms with Crippen LogP contribution in [0.5, 0.6) is 5.75 Å². The number of ether oxygens (including phenoxy) is 1. The molecule has 1 heterocycles. The monoisotopic (exact) mass is 481 g/mol. The fourth-order valence-electron chi connectivity index (χ4n) is 3.58. The molecule has 0 spiro atoms. The van der Waals surface area contributed by atoms with Crippen LogP contribution in [0.1, 0.15) is 42.4 Å². The molecule has 1 atom stereocenters.